The average Bonchev–Trinajstić information content (AvgIpc) is 2.28. The molecule has 0 radical (unpaired) electrons. The van der Waals surface area contributed by atoms with E-state index in [9.17, 15) is 9.18 Å². The fourth-order valence-corrected chi connectivity index (χ4v) is 1.58. The van der Waals surface area contributed by atoms with Gasteiger partial charge in [-0.1, -0.05) is 0 Å². The Balaban J connectivity index is 2.90. The zero-order valence-electron chi connectivity index (χ0n) is 11.0. The van der Waals surface area contributed by atoms with Crippen molar-refractivity contribution in [3.63, 3.8) is 0 Å². The van der Waals surface area contributed by atoms with Crippen LogP contribution in [0.3, 0.4) is 0 Å². The highest BCUT2D eigenvalue weighted by atomic mass is 19.1. The number of hydrogen-bond donors (Lipinski definition) is 1. The molecule has 0 fully saturated rings. The van der Waals surface area contributed by atoms with Crippen LogP contribution in [0.4, 0.5) is 4.39 Å². The Kier molecular flexibility index (Phi) is 4.67. The van der Waals surface area contributed by atoms with Gasteiger partial charge < -0.3 is 14.8 Å². The van der Waals surface area contributed by atoms with Crippen LogP contribution in [0.1, 0.15) is 24.2 Å². The first-order chi connectivity index (χ1) is 8.39. The molecule has 18 heavy (non-hydrogen) atoms. The van der Waals surface area contributed by atoms with Crippen LogP contribution in [-0.2, 0) is 4.74 Å². The lowest BCUT2D eigenvalue weighted by atomic mass is 10.1. The number of amides is 1. The predicted octanol–water partition coefficient (Wildman–Crippen LogP) is 1.99. The molecule has 0 unspecified atom stereocenters. The van der Waals surface area contributed by atoms with Crippen molar-refractivity contribution in [2.45, 2.75) is 19.4 Å². The van der Waals surface area contributed by atoms with Gasteiger partial charge >= 0.3 is 0 Å². The summed E-state index contributed by atoms with van der Waals surface area (Å²) < 4.78 is 23.5. The van der Waals surface area contributed by atoms with Crippen LogP contribution in [0.15, 0.2) is 18.2 Å². The Morgan fingerprint density at radius 2 is 2.06 bits per heavy atom. The van der Waals surface area contributed by atoms with Crippen LogP contribution in [0, 0.1) is 5.82 Å². The summed E-state index contributed by atoms with van der Waals surface area (Å²) in [5, 5.41) is 2.71. The molecule has 0 bridgehead atoms. The molecule has 0 aromatic heterocycles. The summed E-state index contributed by atoms with van der Waals surface area (Å²) in [6, 6.07) is 4.04. The third-order valence-corrected chi connectivity index (χ3v) is 2.38. The largest absolute Gasteiger partial charge is 0.497 e. The highest BCUT2D eigenvalue weighted by Crippen LogP contribution is 2.17. The Morgan fingerprint density at radius 3 is 2.61 bits per heavy atom. The van der Waals surface area contributed by atoms with Gasteiger partial charge in [-0.05, 0) is 32.0 Å². The predicted molar refractivity (Wildman–Crippen MR) is 66.4 cm³/mol. The maximum absolute atomic E-state index is 13.6. The van der Waals surface area contributed by atoms with Crippen molar-refractivity contribution in [3.8, 4) is 5.75 Å². The van der Waals surface area contributed by atoms with Gasteiger partial charge in [0.25, 0.3) is 5.91 Å². The van der Waals surface area contributed by atoms with E-state index < -0.39 is 17.3 Å². The number of carbonyl (C=O) groups is 1. The van der Waals surface area contributed by atoms with Crippen molar-refractivity contribution >= 4 is 5.91 Å². The van der Waals surface area contributed by atoms with Crippen molar-refractivity contribution in [3.05, 3.63) is 29.6 Å². The lowest BCUT2D eigenvalue weighted by molar-refractivity contribution is 0.0816. The van der Waals surface area contributed by atoms with E-state index in [1.807, 2.05) is 0 Å². The summed E-state index contributed by atoms with van der Waals surface area (Å²) >= 11 is 0. The fraction of sp³-hybridized carbons (Fsp3) is 0.462. The minimum atomic E-state index is -0.582. The second kappa shape index (κ2) is 5.82. The number of benzene rings is 1. The number of rotatable bonds is 5. The molecule has 0 heterocycles. The van der Waals surface area contributed by atoms with E-state index in [1.165, 1.54) is 25.3 Å². The van der Waals surface area contributed by atoms with E-state index in [4.69, 9.17) is 9.47 Å². The number of ether oxygens (including phenoxy) is 2. The maximum Gasteiger partial charge on any atom is 0.254 e. The minimum absolute atomic E-state index is 0.0430. The molecule has 0 spiro atoms. The molecule has 0 aliphatic heterocycles. The highest BCUT2D eigenvalue weighted by Gasteiger charge is 2.23. The van der Waals surface area contributed by atoms with Gasteiger partial charge in [0, 0.05) is 7.11 Å². The SMILES string of the molecule is COCC(C)(C)NC(=O)c1cc(OC)ccc1F. The third-order valence-electron chi connectivity index (χ3n) is 2.38. The normalized spacial score (nSPS) is 11.2. The second-order valence-corrected chi connectivity index (χ2v) is 4.62. The number of methoxy groups -OCH3 is 2. The fourth-order valence-electron chi connectivity index (χ4n) is 1.58. The highest BCUT2D eigenvalue weighted by molar-refractivity contribution is 5.95. The van der Waals surface area contributed by atoms with E-state index in [2.05, 4.69) is 5.32 Å². The van der Waals surface area contributed by atoms with Crippen LogP contribution >= 0.6 is 0 Å². The first kappa shape index (κ1) is 14.4. The molecule has 100 valence electrons. The zero-order valence-corrected chi connectivity index (χ0v) is 11.0. The van der Waals surface area contributed by atoms with Crippen LogP contribution in [0.2, 0.25) is 0 Å². The van der Waals surface area contributed by atoms with Crippen LogP contribution < -0.4 is 10.1 Å². The van der Waals surface area contributed by atoms with Gasteiger partial charge in [0.1, 0.15) is 11.6 Å². The van der Waals surface area contributed by atoms with Crippen molar-refractivity contribution < 1.29 is 18.7 Å². The van der Waals surface area contributed by atoms with E-state index >= 15 is 0 Å². The molecule has 0 atom stereocenters. The van der Waals surface area contributed by atoms with Crippen LogP contribution in [-0.4, -0.2) is 32.3 Å². The molecule has 1 aromatic carbocycles. The summed E-state index contributed by atoms with van der Waals surface area (Å²) in [6.45, 7) is 3.93. The number of carbonyl (C=O) groups excluding carboxylic acids is 1. The molecular weight excluding hydrogens is 237 g/mol. The molecule has 0 aliphatic carbocycles. The third kappa shape index (κ3) is 3.70. The Labute approximate surface area is 106 Å². The van der Waals surface area contributed by atoms with E-state index in [-0.39, 0.29) is 5.56 Å². The molecule has 1 aromatic rings. The topological polar surface area (TPSA) is 47.6 Å². The standard InChI is InChI=1S/C13H18FNO3/c1-13(2,8-17-3)15-12(16)10-7-9(18-4)5-6-11(10)14/h5-7H,8H2,1-4H3,(H,15,16). The van der Waals surface area contributed by atoms with E-state index in [0.29, 0.717) is 12.4 Å². The van der Waals surface area contributed by atoms with E-state index in [0.717, 1.165) is 0 Å². The Morgan fingerprint density at radius 1 is 1.39 bits per heavy atom. The lowest BCUT2D eigenvalue weighted by Crippen LogP contribution is -2.47. The summed E-state index contributed by atoms with van der Waals surface area (Å²) in [6.07, 6.45) is 0. The van der Waals surface area contributed by atoms with Crippen molar-refractivity contribution in [2.75, 3.05) is 20.8 Å². The number of halogens is 1. The lowest BCUT2D eigenvalue weighted by Gasteiger charge is -2.25. The molecule has 1 amide bonds. The summed E-state index contributed by atoms with van der Waals surface area (Å²) in [7, 11) is 3.00. The molecule has 0 saturated heterocycles. The maximum atomic E-state index is 13.6. The van der Waals surface area contributed by atoms with Crippen molar-refractivity contribution in [1.82, 2.24) is 5.32 Å². The quantitative estimate of drug-likeness (QED) is 0.875. The number of nitrogens with one attached hydrogen (secondary N) is 1. The van der Waals surface area contributed by atoms with Gasteiger partial charge in [-0.15, -0.1) is 0 Å². The molecule has 0 saturated carbocycles. The second-order valence-electron chi connectivity index (χ2n) is 4.62. The smallest absolute Gasteiger partial charge is 0.254 e. The van der Waals surface area contributed by atoms with Gasteiger partial charge in [-0.2, -0.15) is 0 Å². The van der Waals surface area contributed by atoms with Gasteiger partial charge in [-0.3, -0.25) is 4.79 Å². The van der Waals surface area contributed by atoms with Crippen molar-refractivity contribution in [1.29, 1.82) is 0 Å². The summed E-state index contributed by atoms with van der Waals surface area (Å²) in [5.74, 6) is -0.638. The van der Waals surface area contributed by atoms with Gasteiger partial charge in [0.15, 0.2) is 0 Å². The van der Waals surface area contributed by atoms with Crippen molar-refractivity contribution in [2.24, 2.45) is 0 Å². The Bertz CT molecular complexity index is 432. The van der Waals surface area contributed by atoms with Crippen LogP contribution in [0.25, 0.3) is 0 Å². The van der Waals surface area contributed by atoms with E-state index in [1.54, 1.807) is 21.0 Å². The first-order valence-electron chi connectivity index (χ1n) is 5.54. The number of hydrogen-bond acceptors (Lipinski definition) is 3. The average molecular weight is 255 g/mol. The van der Waals surface area contributed by atoms with Gasteiger partial charge in [-0.25, -0.2) is 4.39 Å². The molecular formula is C13H18FNO3. The Hall–Kier alpha value is -1.62. The molecule has 1 rings (SSSR count). The molecule has 1 N–H and O–H groups in total. The first-order valence-corrected chi connectivity index (χ1v) is 5.54. The van der Waals surface area contributed by atoms with Gasteiger partial charge in [0.05, 0.1) is 24.8 Å². The summed E-state index contributed by atoms with van der Waals surface area (Å²) in [4.78, 5) is 12.0. The minimum Gasteiger partial charge on any atom is -0.497 e. The summed E-state index contributed by atoms with van der Waals surface area (Å²) in [5.41, 5.74) is -0.611. The zero-order chi connectivity index (χ0) is 13.8. The van der Waals surface area contributed by atoms with Gasteiger partial charge in [0.2, 0.25) is 0 Å². The molecule has 4 nitrogen and oxygen atoms in total. The molecule has 5 heteroatoms. The monoisotopic (exact) mass is 255 g/mol. The molecule has 0 aliphatic rings. The van der Waals surface area contributed by atoms with Crippen LogP contribution in [0.5, 0.6) is 5.75 Å².